The lowest BCUT2D eigenvalue weighted by Gasteiger charge is -2.27. The van der Waals surface area contributed by atoms with Crippen LogP contribution in [0.4, 0.5) is 0 Å². The van der Waals surface area contributed by atoms with Crippen molar-refractivity contribution in [2.24, 2.45) is 5.92 Å². The molecule has 0 spiro atoms. The average Bonchev–Trinajstić information content (AvgIpc) is 3.45. The standard InChI is InChI=1S/C33H44N4O5/c1-8-35(9-2)16-11-18-37-29(24-13-14-25(26(20-24)41-7)42-19-15-21(3)4)27(31(39)33(37)40)30(38)28-23(6)36-17-10-12-22(5)32(36)34-28/h10,12-14,17,20-21,29,38H,8-9,11,15-16,18-19H2,1-7H3/b30-27+. The van der Waals surface area contributed by atoms with Crippen molar-refractivity contribution >= 4 is 23.1 Å². The number of nitrogens with zero attached hydrogens (tertiary/aromatic N) is 4. The van der Waals surface area contributed by atoms with Crippen molar-refractivity contribution in [3.8, 4) is 11.5 Å². The van der Waals surface area contributed by atoms with Gasteiger partial charge in [-0.3, -0.25) is 9.59 Å². The van der Waals surface area contributed by atoms with E-state index in [-0.39, 0.29) is 17.0 Å². The molecule has 4 rings (SSSR count). The topological polar surface area (TPSA) is 96.6 Å². The van der Waals surface area contributed by atoms with Gasteiger partial charge in [0, 0.05) is 12.7 Å². The molecule has 226 valence electrons. The molecule has 42 heavy (non-hydrogen) atoms. The predicted octanol–water partition coefficient (Wildman–Crippen LogP) is 5.54. The quantitative estimate of drug-likeness (QED) is 0.162. The first kappa shape index (κ1) is 31.1. The molecule has 1 atom stereocenters. The first-order chi connectivity index (χ1) is 20.1. The predicted molar refractivity (Wildman–Crippen MR) is 164 cm³/mol. The number of imidazole rings is 1. The van der Waals surface area contributed by atoms with Crippen LogP contribution in [0.25, 0.3) is 11.4 Å². The van der Waals surface area contributed by atoms with E-state index < -0.39 is 17.7 Å². The van der Waals surface area contributed by atoms with Crippen LogP contribution in [0.3, 0.4) is 0 Å². The highest BCUT2D eigenvalue weighted by atomic mass is 16.5. The zero-order valence-electron chi connectivity index (χ0n) is 25.9. The number of ether oxygens (including phenoxy) is 2. The lowest BCUT2D eigenvalue weighted by Crippen LogP contribution is -2.33. The number of fused-ring (bicyclic) bond motifs is 1. The van der Waals surface area contributed by atoms with Gasteiger partial charge >= 0.3 is 0 Å². The van der Waals surface area contributed by atoms with Gasteiger partial charge in [-0.25, -0.2) is 4.98 Å². The van der Waals surface area contributed by atoms with E-state index in [9.17, 15) is 14.7 Å². The molecule has 0 radical (unpaired) electrons. The van der Waals surface area contributed by atoms with E-state index in [0.29, 0.717) is 53.9 Å². The molecule has 3 heterocycles. The van der Waals surface area contributed by atoms with Crippen LogP contribution in [0.1, 0.15) is 69.1 Å². The Bertz CT molecular complexity index is 1470. The van der Waals surface area contributed by atoms with Crippen LogP contribution in [0.2, 0.25) is 0 Å². The minimum absolute atomic E-state index is 0.0301. The smallest absolute Gasteiger partial charge is 0.295 e. The van der Waals surface area contributed by atoms with E-state index in [4.69, 9.17) is 14.5 Å². The second-order valence-corrected chi connectivity index (χ2v) is 11.2. The summed E-state index contributed by atoms with van der Waals surface area (Å²) in [6, 6.07) is 8.50. The molecule has 1 unspecified atom stereocenters. The summed E-state index contributed by atoms with van der Waals surface area (Å²) in [6.07, 6.45) is 3.45. The number of aromatic nitrogens is 2. The maximum Gasteiger partial charge on any atom is 0.295 e. The number of Topliss-reactive ketones (excluding diaryl/α,β-unsaturated/α-hetero) is 1. The maximum atomic E-state index is 13.6. The third kappa shape index (κ3) is 6.16. The lowest BCUT2D eigenvalue weighted by molar-refractivity contribution is -0.140. The molecule has 1 N–H and O–H groups in total. The highest BCUT2D eigenvalue weighted by molar-refractivity contribution is 6.46. The van der Waals surface area contributed by atoms with E-state index in [1.54, 1.807) is 18.1 Å². The van der Waals surface area contributed by atoms with Crippen LogP contribution in [-0.4, -0.2) is 75.9 Å². The number of hydrogen-bond acceptors (Lipinski definition) is 7. The maximum absolute atomic E-state index is 13.6. The van der Waals surface area contributed by atoms with Gasteiger partial charge in [0.25, 0.3) is 11.7 Å². The molecule has 9 nitrogen and oxygen atoms in total. The molecule has 1 fully saturated rings. The van der Waals surface area contributed by atoms with E-state index in [2.05, 4.69) is 32.6 Å². The molecule has 1 aliphatic heterocycles. The Hall–Kier alpha value is -3.85. The Morgan fingerprint density at radius 1 is 1.12 bits per heavy atom. The minimum atomic E-state index is -0.800. The molecular weight excluding hydrogens is 532 g/mol. The van der Waals surface area contributed by atoms with Gasteiger partial charge in [0.05, 0.1) is 31.0 Å². The summed E-state index contributed by atoms with van der Waals surface area (Å²) in [5.41, 5.74) is 3.28. The van der Waals surface area contributed by atoms with E-state index in [0.717, 1.165) is 31.6 Å². The van der Waals surface area contributed by atoms with Crippen LogP contribution in [0, 0.1) is 19.8 Å². The first-order valence-electron chi connectivity index (χ1n) is 14.9. The molecule has 0 bridgehead atoms. The fraction of sp³-hybridized carbons (Fsp3) is 0.485. The normalized spacial score (nSPS) is 16.8. The van der Waals surface area contributed by atoms with Crippen molar-refractivity contribution in [1.29, 1.82) is 0 Å². The Kier molecular flexibility index (Phi) is 9.93. The third-order valence-corrected chi connectivity index (χ3v) is 8.07. The largest absolute Gasteiger partial charge is 0.505 e. The van der Waals surface area contributed by atoms with Crippen LogP contribution in [0.15, 0.2) is 42.1 Å². The number of amides is 1. The van der Waals surface area contributed by atoms with Crippen molar-refractivity contribution in [1.82, 2.24) is 19.2 Å². The number of carbonyl (C=O) groups is 2. The summed E-state index contributed by atoms with van der Waals surface area (Å²) >= 11 is 0. The summed E-state index contributed by atoms with van der Waals surface area (Å²) < 4.78 is 13.5. The van der Waals surface area contributed by atoms with Gasteiger partial charge in [-0.1, -0.05) is 39.8 Å². The minimum Gasteiger partial charge on any atom is -0.505 e. The number of likely N-dealkylation sites (tertiary alicyclic amines) is 1. The summed E-state index contributed by atoms with van der Waals surface area (Å²) in [6.45, 7) is 15.8. The summed E-state index contributed by atoms with van der Waals surface area (Å²) in [5, 5.41) is 11.7. The molecule has 9 heteroatoms. The van der Waals surface area contributed by atoms with Crippen molar-refractivity contribution in [2.45, 2.75) is 60.4 Å². The number of carbonyl (C=O) groups excluding carboxylic acids is 2. The van der Waals surface area contributed by atoms with Gasteiger partial charge in [0.2, 0.25) is 0 Å². The zero-order valence-corrected chi connectivity index (χ0v) is 25.9. The fourth-order valence-corrected chi connectivity index (χ4v) is 5.51. The molecule has 1 saturated heterocycles. The molecule has 3 aromatic rings. The van der Waals surface area contributed by atoms with E-state index >= 15 is 0 Å². The Morgan fingerprint density at radius 3 is 2.50 bits per heavy atom. The van der Waals surface area contributed by atoms with Crippen molar-refractivity contribution in [2.75, 3.05) is 39.9 Å². The highest BCUT2D eigenvalue weighted by Crippen LogP contribution is 2.42. The van der Waals surface area contributed by atoms with Gasteiger partial charge in [0.15, 0.2) is 17.3 Å². The van der Waals surface area contributed by atoms with Crippen LogP contribution in [0.5, 0.6) is 11.5 Å². The van der Waals surface area contributed by atoms with Crippen molar-refractivity contribution in [3.05, 3.63) is 64.6 Å². The summed E-state index contributed by atoms with van der Waals surface area (Å²) in [4.78, 5) is 35.7. The van der Waals surface area contributed by atoms with Crippen molar-refractivity contribution in [3.63, 3.8) is 0 Å². The van der Waals surface area contributed by atoms with Gasteiger partial charge in [-0.05, 0) is 81.6 Å². The Morgan fingerprint density at radius 2 is 1.86 bits per heavy atom. The Labute approximate surface area is 248 Å². The molecule has 2 aromatic heterocycles. The van der Waals surface area contributed by atoms with Gasteiger partial charge in [0.1, 0.15) is 11.3 Å². The summed E-state index contributed by atoms with van der Waals surface area (Å²) in [5.74, 6) is -0.0316. The number of ketones is 1. The van der Waals surface area contributed by atoms with Crippen LogP contribution >= 0.6 is 0 Å². The number of hydrogen-bond donors (Lipinski definition) is 1. The molecule has 0 saturated carbocycles. The molecule has 1 amide bonds. The number of rotatable bonds is 13. The SMILES string of the molecule is CCN(CC)CCCN1C(=O)C(=O)/C(=C(/O)c2nc3c(C)cccn3c2C)C1c1ccc(OCCC(C)C)c(OC)c1. The fourth-order valence-electron chi connectivity index (χ4n) is 5.51. The number of aryl methyl sites for hydroxylation is 2. The van der Waals surface area contributed by atoms with Gasteiger partial charge in [-0.2, -0.15) is 0 Å². The monoisotopic (exact) mass is 576 g/mol. The number of aliphatic hydroxyl groups is 1. The number of aliphatic hydroxyl groups excluding tert-OH is 1. The zero-order chi connectivity index (χ0) is 30.6. The highest BCUT2D eigenvalue weighted by Gasteiger charge is 2.46. The molecular formula is C33H44N4O5. The molecule has 0 aliphatic carbocycles. The molecule has 1 aliphatic rings. The van der Waals surface area contributed by atoms with Crippen molar-refractivity contribution < 1.29 is 24.2 Å². The lowest BCUT2D eigenvalue weighted by atomic mass is 9.96. The first-order valence-corrected chi connectivity index (χ1v) is 14.9. The number of pyridine rings is 1. The van der Waals surface area contributed by atoms with Crippen LogP contribution < -0.4 is 9.47 Å². The average molecular weight is 577 g/mol. The number of methoxy groups -OCH3 is 1. The van der Waals surface area contributed by atoms with Gasteiger partial charge < -0.3 is 28.8 Å². The molecule has 1 aromatic carbocycles. The van der Waals surface area contributed by atoms with Crippen LogP contribution in [-0.2, 0) is 9.59 Å². The van der Waals surface area contributed by atoms with E-state index in [1.807, 2.05) is 48.7 Å². The second-order valence-electron chi connectivity index (χ2n) is 11.2. The summed E-state index contributed by atoms with van der Waals surface area (Å²) in [7, 11) is 1.57. The van der Waals surface area contributed by atoms with E-state index in [1.165, 1.54) is 0 Å². The number of benzene rings is 1. The Balaban J connectivity index is 1.81. The van der Waals surface area contributed by atoms with Gasteiger partial charge in [-0.15, -0.1) is 0 Å². The second kappa shape index (κ2) is 13.4. The third-order valence-electron chi connectivity index (χ3n) is 8.07.